The quantitative estimate of drug-likeness (QED) is 0.837. The highest BCUT2D eigenvalue weighted by Crippen LogP contribution is 2.24. The lowest BCUT2D eigenvalue weighted by atomic mass is 10.1. The average molecular weight is 301 g/mol. The fraction of sp³-hybridized carbons (Fsp3) is 0.333. The molecule has 2 aromatic carbocycles. The molecule has 0 saturated carbocycles. The van der Waals surface area contributed by atoms with Gasteiger partial charge in [0.1, 0.15) is 0 Å². The molecule has 110 valence electrons. The van der Waals surface area contributed by atoms with Crippen molar-refractivity contribution in [2.75, 3.05) is 31.1 Å². The van der Waals surface area contributed by atoms with Crippen molar-refractivity contribution < 1.29 is 0 Å². The topological polar surface area (TPSA) is 6.48 Å². The van der Waals surface area contributed by atoms with Gasteiger partial charge in [-0.2, -0.15) is 0 Å². The summed E-state index contributed by atoms with van der Waals surface area (Å²) in [6.07, 6.45) is 0. The van der Waals surface area contributed by atoms with Gasteiger partial charge in [0.05, 0.1) is 0 Å². The first kappa shape index (κ1) is 14.4. The molecule has 0 amide bonds. The normalized spacial score (nSPS) is 17.7. The molecule has 1 heterocycles. The second-order valence-electron chi connectivity index (χ2n) is 5.59. The molecule has 0 radical (unpaired) electrons. The van der Waals surface area contributed by atoms with Crippen molar-refractivity contribution in [1.29, 1.82) is 0 Å². The standard InChI is InChI=1S/C18H21ClN2/c1-15(16-5-3-2-4-6-16)20-11-13-21(14-12-20)18-9-7-17(19)8-10-18/h2-10,15H,11-14H2,1H3. The summed E-state index contributed by atoms with van der Waals surface area (Å²) in [5.74, 6) is 0. The molecule has 1 unspecified atom stereocenters. The van der Waals surface area contributed by atoms with E-state index in [1.54, 1.807) is 0 Å². The molecule has 3 heteroatoms. The molecule has 1 saturated heterocycles. The third-order valence-corrected chi connectivity index (χ3v) is 4.59. The predicted molar refractivity (Wildman–Crippen MR) is 90.1 cm³/mol. The van der Waals surface area contributed by atoms with Gasteiger partial charge in [-0.15, -0.1) is 0 Å². The van der Waals surface area contributed by atoms with Crippen LogP contribution in [0.25, 0.3) is 0 Å². The number of hydrogen-bond acceptors (Lipinski definition) is 2. The largest absolute Gasteiger partial charge is 0.369 e. The zero-order valence-corrected chi connectivity index (χ0v) is 13.1. The molecule has 1 aliphatic heterocycles. The van der Waals surface area contributed by atoms with Crippen LogP contribution in [-0.2, 0) is 0 Å². The van der Waals surface area contributed by atoms with E-state index < -0.39 is 0 Å². The number of rotatable bonds is 3. The summed E-state index contributed by atoms with van der Waals surface area (Å²) < 4.78 is 0. The molecule has 0 bridgehead atoms. The first-order chi connectivity index (χ1) is 10.2. The van der Waals surface area contributed by atoms with E-state index in [1.165, 1.54) is 11.3 Å². The van der Waals surface area contributed by atoms with Crippen LogP contribution >= 0.6 is 11.6 Å². The fourth-order valence-electron chi connectivity index (χ4n) is 2.96. The monoisotopic (exact) mass is 300 g/mol. The van der Waals surface area contributed by atoms with E-state index in [0.29, 0.717) is 6.04 Å². The van der Waals surface area contributed by atoms with E-state index in [9.17, 15) is 0 Å². The van der Waals surface area contributed by atoms with Gasteiger partial charge in [0, 0.05) is 42.9 Å². The fourth-order valence-corrected chi connectivity index (χ4v) is 3.09. The van der Waals surface area contributed by atoms with Crippen LogP contribution in [0, 0.1) is 0 Å². The summed E-state index contributed by atoms with van der Waals surface area (Å²) >= 11 is 5.96. The lowest BCUT2D eigenvalue weighted by molar-refractivity contribution is 0.198. The zero-order valence-electron chi connectivity index (χ0n) is 12.4. The molecule has 0 N–H and O–H groups in total. The number of nitrogens with zero attached hydrogens (tertiary/aromatic N) is 2. The second kappa shape index (κ2) is 6.50. The van der Waals surface area contributed by atoms with Gasteiger partial charge >= 0.3 is 0 Å². The van der Waals surface area contributed by atoms with Gasteiger partial charge < -0.3 is 4.90 Å². The van der Waals surface area contributed by atoms with Crippen molar-refractivity contribution in [3.05, 3.63) is 65.2 Å². The number of piperazine rings is 1. The molecule has 0 aromatic heterocycles. The van der Waals surface area contributed by atoms with Crippen LogP contribution in [0.4, 0.5) is 5.69 Å². The molecule has 2 nitrogen and oxygen atoms in total. The molecule has 1 fully saturated rings. The lowest BCUT2D eigenvalue weighted by Gasteiger charge is -2.39. The van der Waals surface area contributed by atoms with E-state index in [-0.39, 0.29) is 0 Å². The van der Waals surface area contributed by atoms with Gasteiger partial charge in [-0.05, 0) is 36.8 Å². The maximum absolute atomic E-state index is 5.96. The Morgan fingerprint density at radius 2 is 1.48 bits per heavy atom. The number of anilines is 1. The van der Waals surface area contributed by atoms with Crippen molar-refractivity contribution in [3.8, 4) is 0 Å². The van der Waals surface area contributed by atoms with Crippen LogP contribution in [0.1, 0.15) is 18.5 Å². The van der Waals surface area contributed by atoms with Gasteiger partial charge in [0.2, 0.25) is 0 Å². The average Bonchev–Trinajstić information content (AvgIpc) is 2.56. The molecule has 0 spiro atoms. The summed E-state index contributed by atoms with van der Waals surface area (Å²) in [5.41, 5.74) is 2.67. The first-order valence-electron chi connectivity index (χ1n) is 7.53. The Labute approximate surface area is 131 Å². The van der Waals surface area contributed by atoms with E-state index in [4.69, 9.17) is 11.6 Å². The van der Waals surface area contributed by atoms with Crippen LogP contribution < -0.4 is 4.90 Å². The summed E-state index contributed by atoms with van der Waals surface area (Å²) in [6.45, 7) is 6.63. The molecular formula is C18H21ClN2. The Bertz CT molecular complexity index is 560. The van der Waals surface area contributed by atoms with Crippen molar-refractivity contribution in [2.24, 2.45) is 0 Å². The van der Waals surface area contributed by atoms with Crippen molar-refractivity contribution >= 4 is 17.3 Å². The Morgan fingerprint density at radius 1 is 0.857 bits per heavy atom. The Hall–Kier alpha value is -1.51. The minimum Gasteiger partial charge on any atom is -0.369 e. The third kappa shape index (κ3) is 3.39. The second-order valence-corrected chi connectivity index (χ2v) is 6.02. The van der Waals surface area contributed by atoms with Gasteiger partial charge in [-0.3, -0.25) is 4.90 Å². The van der Waals surface area contributed by atoms with E-state index in [2.05, 4.69) is 59.2 Å². The van der Waals surface area contributed by atoms with E-state index in [0.717, 1.165) is 31.2 Å². The highest BCUT2D eigenvalue weighted by atomic mass is 35.5. The van der Waals surface area contributed by atoms with Crippen LogP contribution in [-0.4, -0.2) is 31.1 Å². The maximum atomic E-state index is 5.96. The van der Waals surface area contributed by atoms with E-state index in [1.807, 2.05) is 12.1 Å². The Morgan fingerprint density at radius 3 is 2.10 bits per heavy atom. The summed E-state index contributed by atoms with van der Waals surface area (Å²) in [7, 11) is 0. The number of hydrogen-bond donors (Lipinski definition) is 0. The Balaban J connectivity index is 1.61. The molecule has 21 heavy (non-hydrogen) atoms. The number of benzene rings is 2. The Kier molecular flexibility index (Phi) is 4.47. The molecule has 0 aliphatic carbocycles. The maximum Gasteiger partial charge on any atom is 0.0407 e. The summed E-state index contributed by atoms with van der Waals surface area (Å²) in [4.78, 5) is 4.99. The van der Waals surface area contributed by atoms with E-state index >= 15 is 0 Å². The molecule has 2 aromatic rings. The molecule has 3 rings (SSSR count). The first-order valence-corrected chi connectivity index (χ1v) is 7.91. The molecule has 1 aliphatic rings. The SMILES string of the molecule is CC(c1ccccc1)N1CCN(c2ccc(Cl)cc2)CC1. The highest BCUT2D eigenvalue weighted by molar-refractivity contribution is 6.30. The van der Waals surface area contributed by atoms with Crippen molar-refractivity contribution in [3.63, 3.8) is 0 Å². The minimum absolute atomic E-state index is 0.485. The summed E-state index contributed by atoms with van der Waals surface area (Å²) in [6, 6.07) is 19.4. The minimum atomic E-state index is 0.485. The predicted octanol–water partition coefficient (Wildman–Crippen LogP) is 4.22. The van der Waals surface area contributed by atoms with Gasteiger partial charge in [-0.1, -0.05) is 41.9 Å². The number of halogens is 1. The van der Waals surface area contributed by atoms with Gasteiger partial charge in [0.25, 0.3) is 0 Å². The zero-order chi connectivity index (χ0) is 14.7. The van der Waals surface area contributed by atoms with Crippen molar-refractivity contribution in [1.82, 2.24) is 4.90 Å². The summed E-state index contributed by atoms with van der Waals surface area (Å²) in [5, 5.41) is 0.801. The smallest absolute Gasteiger partial charge is 0.0407 e. The lowest BCUT2D eigenvalue weighted by Crippen LogP contribution is -2.47. The highest BCUT2D eigenvalue weighted by Gasteiger charge is 2.21. The molecule has 1 atom stereocenters. The van der Waals surface area contributed by atoms with Gasteiger partial charge in [0.15, 0.2) is 0 Å². The van der Waals surface area contributed by atoms with Crippen molar-refractivity contribution in [2.45, 2.75) is 13.0 Å². The van der Waals surface area contributed by atoms with Crippen LogP contribution in [0.15, 0.2) is 54.6 Å². The van der Waals surface area contributed by atoms with Crippen LogP contribution in [0.3, 0.4) is 0 Å². The molecular weight excluding hydrogens is 280 g/mol. The van der Waals surface area contributed by atoms with Crippen LogP contribution in [0.5, 0.6) is 0 Å². The third-order valence-electron chi connectivity index (χ3n) is 4.34. The van der Waals surface area contributed by atoms with Gasteiger partial charge in [-0.25, -0.2) is 0 Å². The van der Waals surface area contributed by atoms with Crippen LogP contribution in [0.2, 0.25) is 5.02 Å².